The average Bonchev–Trinajstić information content (AvgIpc) is 3.60. The minimum absolute atomic E-state index is 0.875. The van der Waals surface area contributed by atoms with Crippen LogP contribution in [0.4, 0.5) is 17.1 Å². The van der Waals surface area contributed by atoms with Crippen LogP contribution in [0.25, 0.3) is 66.1 Å². The lowest BCUT2D eigenvalue weighted by Gasteiger charge is -2.26. The standard InChI is InChI=1S/C46H31NO/c1-2-12-36-30-40(29-20-32(36)10-1)47(38-25-21-34(22-26-38)42-18-9-14-33-11-3-5-15-41(33)42)39-27-23-35(24-28-39)43-16-6-7-17-44(43)46-31-37-13-4-8-19-45(37)48-46/h1-31H. The van der Waals surface area contributed by atoms with Gasteiger partial charge >= 0.3 is 0 Å². The summed E-state index contributed by atoms with van der Waals surface area (Å²) >= 11 is 0. The molecule has 0 aliphatic rings. The average molecular weight is 614 g/mol. The van der Waals surface area contributed by atoms with E-state index in [0.29, 0.717) is 0 Å². The van der Waals surface area contributed by atoms with Crippen LogP contribution in [-0.4, -0.2) is 0 Å². The molecule has 0 aliphatic carbocycles. The van der Waals surface area contributed by atoms with Gasteiger partial charge in [-0.3, -0.25) is 0 Å². The fourth-order valence-electron chi connectivity index (χ4n) is 6.88. The predicted molar refractivity (Wildman–Crippen MR) is 202 cm³/mol. The van der Waals surface area contributed by atoms with E-state index in [0.717, 1.165) is 50.5 Å². The number of benzene rings is 8. The number of nitrogens with zero attached hydrogens (tertiary/aromatic N) is 1. The summed E-state index contributed by atoms with van der Waals surface area (Å²) in [5.74, 6) is 0.875. The molecule has 0 saturated heterocycles. The van der Waals surface area contributed by atoms with E-state index in [1.807, 2.05) is 18.2 Å². The normalized spacial score (nSPS) is 11.3. The quantitative estimate of drug-likeness (QED) is 0.185. The number of furan rings is 1. The van der Waals surface area contributed by atoms with E-state index in [2.05, 4.69) is 175 Å². The molecule has 9 aromatic rings. The van der Waals surface area contributed by atoms with Crippen LogP contribution in [0.1, 0.15) is 0 Å². The first-order valence-corrected chi connectivity index (χ1v) is 16.3. The predicted octanol–water partition coefficient (Wildman–Crippen LogP) is 13.2. The fourth-order valence-corrected chi connectivity index (χ4v) is 6.88. The van der Waals surface area contributed by atoms with Crippen molar-refractivity contribution in [2.75, 3.05) is 4.90 Å². The number of para-hydroxylation sites is 1. The molecule has 0 aliphatic heterocycles. The van der Waals surface area contributed by atoms with Crippen molar-refractivity contribution in [2.24, 2.45) is 0 Å². The third kappa shape index (κ3) is 5.01. The van der Waals surface area contributed by atoms with Gasteiger partial charge in [0.1, 0.15) is 11.3 Å². The number of anilines is 3. The van der Waals surface area contributed by atoms with Crippen LogP contribution in [0.3, 0.4) is 0 Å². The van der Waals surface area contributed by atoms with Gasteiger partial charge in [-0.1, -0.05) is 140 Å². The second-order valence-corrected chi connectivity index (χ2v) is 12.2. The van der Waals surface area contributed by atoms with Crippen molar-refractivity contribution in [3.8, 4) is 33.6 Å². The molecule has 0 fully saturated rings. The highest BCUT2D eigenvalue weighted by atomic mass is 16.3. The molecule has 0 saturated carbocycles. The second-order valence-electron chi connectivity index (χ2n) is 12.2. The molecule has 2 heteroatoms. The Hall–Kier alpha value is -6.38. The minimum atomic E-state index is 0.875. The molecule has 1 aromatic heterocycles. The number of rotatable bonds is 6. The topological polar surface area (TPSA) is 16.4 Å². The van der Waals surface area contributed by atoms with Gasteiger partial charge in [0.2, 0.25) is 0 Å². The Bertz CT molecular complexity index is 2520. The molecule has 226 valence electrons. The molecule has 1 heterocycles. The molecule has 9 rings (SSSR count). The summed E-state index contributed by atoms with van der Waals surface area (Å²) in [7, 11) is 0. The van der Waals surface area contributed by atoms with Gasteiger partial charge in [-0.05, 0) is 92.3 Å². The van der Waals surface area contributed by atoms with E-state index < -0.39 is 0 Å². The summed E-state index contributed by atoms with van der Waals surface area (Å²) < 4.78 is 6.29. The highest BCUT2D eigenvalue weighted by molar-refractivity contribution is 5.97. The lowest BCUT2D eigenvalue weighted by Crippen LogP contribution is -2.09. The molecular weight excluding hydrogens is 583 g/mol. The largest absolute Gasteiger partial charge is 0.456 e. The van der Waals surface area contributed by atoms with Crippen molar-refractivity contribution in [3.63, 3.8) is 0 Å². The van der Waals surface area contributed by atoms with Gasteiger partial charge in [0.05, 0.1) is 0 Å². The Morgan fingerprint density at radius 2 is 0.875 bits per heavy atom. The van der Waals surface area contributed by atoms with Crippen LogP contribution in [0.5, 0.6) is 0 Å². The second kappa shape index (κ2) is 11.8. The number of fused-ring (bicyclic) bond motifs is 3. The number of hydrogen-bond acceptors (Lipinski definition) is 2. The van der Waals surface area contributed by atoms with Gasteiger partial charge in [0, 0.05) is 28.0 Å². The summed E-state index contributed by atoms with van der Waals surface area (Å²) in [6.07, 6.45) is 0. The van der Waals surface area contributed by atoms with Crippen molar-refractivity contribution in [2.45, 2.75) is 0 Å². The smallest absolute Gasteiger partial charge is 0.136 e. The molecule has 0 spiro atoms. The van der Waals surface area contributed by atoms with Gasteiger partial charge in [-0.2, -0.15) is 0 Å². The van der Waals surface area contributed by atoms with Crippen LogP contribution in [-0.2, 0) is 0 Å². The summed E-state index contributed by atoms with van der Waals surface area (Å²) in [5.41, 5.74) is 10.0. The zero-order valence-electron chi connectivity index (χ0n) is 26.3. The molecule has 0 N–H and O–H groups in total. The Morgan fingerprint density at radius 3 is 1.62 bits per heavy atom. The van der Waals surface area contributed by atoms with Crippen molar-refractivity contribution in [3.05, 3.63) is 188 Å². The minimum Gasteiger partial charge on any atom is -0.456 e. The zero-order valence-corrected chi connectivity index (χ0v) is 26.3. The van der Waals surface area contributed by atoms with Gasteiger partial charge in [0.15, 0.2) is 0 Å². The first-order valence-electron chi connectivity index (χ1n) is 16.3. The lowest BCUT2D eigenvalue weighted by atomic mass is 9.97. The van der Waals surface area contributed by atoms with E-state index in [4.69, 9.17) is 4.42 Å². The first kappa shape index (κ1) is 27.9. The van der Waals surface area contributed by atoms with E-state index in [1.54, 1.807) is 0 Å². The lowest BCUT2D eigenvalue weighted by molar-refractivity contribution is 0.632. The SMILES string of the molecule is c1ccc(-c2cc3ccccc3o2)c(-c2ccc(N(c3ccc(-c4cccc5ccccc45)cc3)c3ccc4ccccc4c3)cc2)c1. The van der Waals surface area contributed by atoms with E-state index >= 15 is 0 Å². The van der Waals surface area contributed by atoms with Crippen molar-refractivity contribution in [1.29, 1.82) is 0 Å². The van der Waals surface area contributed by atoms with Crippen molar-refractivity contribution in [1.82, 2.24) is 0 Å². The molecule has 0 unspecified atom stereocenters. The van der Waals surface area contributed by atoms with E-state index in [9.17, 15) is 0 Å². The molecule has 0 atom stereocenters. The Balaban J connectivity index is 1.12. The highest BCUT2D eigenvalue weighted by Gasteiger charge is 2.16. The highest BCUT2D eigenvalue weighted by Crippen LogP contribution is 2.40. The zero-order chi connectivity index (χ0) is 31.9. The van der Waals surface area contributed by atoms with Crippen LogP contribution in [0, 0.1) is 0 Å². The van der Waals surface area contributed by atoms with Gasteiger partial charge < -0.3 is 9.32 Å². The molecule has 48 heavy (non-hydrogen) atoms. The molecular formula is C46H31NO. The van der Waals surface area contributed by atoms with Crippen LogP contribution in [0.15, 0.2) is 192 Å². The Kier molecular flexibility index (Phi) is 6.84. The maximum absolute atomic E-state index is 6.29. The van der Waals surface area contributed by atoms with E-state index in [1.165, 1.54) is 32.7 Å². The summed E-state index contributed by atoms with van der Waals surface area (Å²) in [6.45, 7) is 0. The maximum atomic E-state index is 6.29. The molecule has 0 amide bonds. The number of hydrogen-bond donors (Lipinski definition) is 0. The Labute approximate surface area is 279 Å². The van der Waals surface area contributed by atoms with Crippen LogP contribution >= 0.6 is 0 Å². The van der Waals surface area contributed by atoms with Gasteiger partial charge in [-0.25, -0.2) is 0 Å². The molecule has 8 aromatic carbocycles. The third-order valence-electron chi connectivity index (χ3n) is 9.27. The first-order chi connectivity index (χ1) is 23.8. The summed E-state index contributed by atoms with van der Waals surface area (Å²) in [4.78, 5) is 2.34. The molecule has 0 radical (unpaired) electrons. The van der Waals surface area contributed by atoms with Crippen LogP contribution < -0.4 is 4.90 Å². The fraction of sp³-hybridized carbons (Fsp3) is 0. The van der Waals surface area contributed by atoms with Crippen LogP contribution in [0.2, 0.25) is 0 Å². The summed E-state index contributed by atoms with van der Waals surface area (Å²) in [6, 6.07) is 66.9. The monoisotopic (exact) mass is 613 g/mol. The molecule has 2 nitrogen and oxygen atoms in total. The maximum Gasteiger partial charge on any atom is 0.136 e. The Morgan fingerprint density at radius 1 is 0.333 bits per heavy atom. The van der Waals surface area contributed by atoms with Gasteiger partial charge in [-0.15, -0.1) is 0 Å². The summed E-state index contributed by atoms with van der Waals surface area (Å²) in [5, 5.41) is 6.06. The third-order valence-corrected chi connectivity index (χ3v) is 9.27. The van der Waals surface area contributed by atoms with Gasteiger partial charge in [0.25, 0.3) is 0 Å². The molecule has 0 bridgehead atoms. The van der Waals surface area contributed by atoms with Crippen molar-refractivity contribution < 1.29 is 4.42 Å². The van der Waals surface area contributed by atoms with Crippen molar-refractivity contribution >= 4 is 49.6 Å². The van der Waals surface area contributed by atoms with E-state index in [-0.39, 0.29) is 0 Å².